The third-order valence-corrected chi connectivity index (χ3v) is 4.74. The molecule has 1 atom stereocenters. The Labute approximate surface area is 145 Å². The second-order valence-electron chi connectivity index (χ2n) is 6.39. The van der Waals surface area contributed by atoms with Gasteiger partial charge in [-0.2, -0.15) is 15.4 Å². The maximum absolute atomic E-state index is 12.8. The summed E-state index contributed by atoms with van der Waals surface area (Å²) in [6.45, 7) is 1.67. The zero-order chi connectivity index (χ0) is 17.1. The van der Waals surface area contributed by atoms with Crippen molar-refractivity contribution < 1.29 is 4.79 Å². The lowest BCUT2D eigenvalue weighted by atomic mass is 9.99. The van der Waals surface area contributed by atoms with Crippen LogP contribution in [0.4, 0.5) is 10.5 Å². The predicted molar refractivity (Wildman–Crippen MR) is 94.1 cm³/mol. The second kappa shape index (κ2) is 6.92. The van der Waals surface area contributed by atoms with E-state index >= 15 is 0 Å². The summed E-state index contributed by atoms with van der Waals surface area (Å²) >= 11 is 0. The Morgan fingerprint density at radius 2 is 2.20 bits per heavy atom. The summed E-state index contributed by atoms with van der Waals surface area (Å²) in [5.41, 5.74) is 2.27. The normalized spacial score (nSPS) is 17.8. The predicted octanol–water partition coefficient (Wildman–Crippen LogP) is 2.63. The van der Waals surface area contributed by atoms with Gasteiger partial charge < -0.3 is 14.8 Å². The molecule has 4 rings (SSSR count). The Morgan fingerprint density at radius 1 is 1.28 bits per heavy atom. The first-order valence-corrected chi connectivity index (χ1v) is 8.63. The lowest BCUT2D eigenvalue weighted by molar-refractivity contribution is 0.155. The van der Waals surface area contributed by atoms with Gasteiger partial charge in [0.05, 0.1) is 6.33 Å². The van der Waals surface area contributed by atoms with E-state index in [1.807, 2.05) is 35.6 Å². The topological polar surface area (TPSA) is 91.7 Å². The third-order valence-electron chi connectivity index (χ3n) is 4.74. The summed E-state index contributed by atoms with van der Waals surface area (Å²) in [5, 5.41) is 13.7. The smallest absolute Gasteiger partial charge is 0.322 e. The van der Waals surface area contributed by atoms with Crippen molar-refractivity contribution in [2.24, 2.45) is 0 Å². The number of fused-ring (bicyclic) bond motifs is 1. The summed E-state index contributed by atoms with van der Waals surface area (Å²) in [6, 6.07) is 5.75. The molecule has 0 spiro atoms. The minimum atomic E-state index is -0.0434. The highest BCUT2D eigenvalue weighted by atomic mass is 16.2. The number of carbonyl (C=O) groups is 1. The fourth-order valence-electron chi connectivity index (χ4n) is 3.40. The molecule has 8 heteroatoms. The highest BCUT2D eigenvalue weighted by Crippen LogP contribution is 2.22. The minimum Gasteiger partial charge on any atom is -0.337 e. The van der Waals surface area contributed by atoms with Crippen LogP contribution in [0.1, 0.15) is 25.7 Å². The van der Waals surface area contributed by atoms with Gasteiger partial charge in [0.25, 0.3) is 0 Å². The number of aromatic amines is 1. The van der Waals surface area contributed by atoms with Gasteiger partial charge in [0.1, 0.15) is 11.0 Å². The van der Waals surface area contributed by atoms with Gasteiger partial charge in [-0.1, -0.05) is 0 Å². The Balaban J connectivity index is 1.42. The molecular weight excluding hydrogens is 318 g/mol. The number of anilines is 1. The van der Waals surface area contributed by atoms with Crippen molar-refractivity contribution in [3.05, 3.63) is 36.9 Å². The molecule has 1 fully saturated rings. The zero-order valence-corrected chi connectivity index (χ0v) is 13.9. The average Bonchev–Trinajstić information content (AvgIpc) is 3.31. The van der Waals surface area contributed by atoms with E-state index in [4.69, 9.17) is 0 Å². The largest absolute Gasteiger partial charge is 0.337 e. The van der Waals surface area contributed by atoms with Crippen LogP contribution in [0.2, 0.25) is 0 Å². The van der Waals surface area contributed by atoms with Crippen LogP contribution in [0.15, 0.2) is 36.9 Å². The molecule has 0 unspecified atom stereocenters. The summed E-state index contributed by atoms with van der Waals surface area (Å²) in [7, 11) is 0. The maximum Gasteiger partial charge on any atom is 0.322 e. The number of aromatic nitrogens is 5. The van der Waals surface area contributed by atoms with Crippen LogP contribution >= 0.6 is 0 Å². The molecule has 25 heavy (non-hydrogen) atoms. The van der Waals surface area contributed by atoms with E-state index in [0.29, 0.717) is 0 Å². The summed E-state index contributed by atoms with van der Waals surface area (Å²) < 4.78 is 2.06. The van der Waals surface area contributed by atoms with E-state index in [0.717, 1.165) is 49.1 Å². The molecule has 1 aliphatic rings. The first kappa shape index (κ1) is 15.6. The van der Waals surface area contributed by atoms with E-state index in [9.17, 15) is 4.79 Å². The molecule has 2 amide bonds. The van der Waals surface area contributed by atoms with E-state index in [1.165, 1.54) is 6.42 Å². The van der Waals surface area contributed by atoms with E-state index < -0.39 is 0 Å². The van der Waals surface area contributed by atoms with Crippen molar-refractivity contribution in [3.63, 3.8) is 0 Å². The Morgan fingerprint density at radius 3 is 3.08 bits per heavy atom. The zero-order valence-electron chi connectivity index (χ0n) is 13.9. The molecule has 8 nitrogen and oxygen atoms in total. The average molecular weight is 339 g/mol. The van der Waals surface area contributed by atoms with E-state index in [1.54, 1.807) is 6.20 Å². The van der Waals surface area contributed by atoms with Crippen molar-refractivity contribution in [2.75, 3.05) is 11.9 Å². The van der Waals surface area contributed by atoms with Gasteiger partial charge in [-0.05, 0) is 43.9 Å². The standard InChI is InChI=1S/C17H21N7O/c25-17(19-13-4-5-15-16(11-13)21-22-20-15)24-8-2-1-3-14(24)6-9-23-10-7-18-12-23/h4-5,7,10-12,14H,1-3,6,8-9H2,(H,19,25)(H,20,21,22)/t14-/m0/s1. The molecule has 0 bridgehead atoms. The highest BCUT2D eigenvalue weighted by molar-refractivity contribution is 5.92. The van der Waals surface area contributed by atoms with Gasteiger partial charge in [0.2, 0.25) is 0 Å². The van der Waals surface area contributed by atoms with Gasteiger partial charge >= 0.3 is 6.03 Å². The summed E-state index contributed by atoms with van der Waals surface area (Å²) in [4.78, 5) is 18.8. The molecule has 2 aromatic heterocycles. The Bertz CT molecular complexity index is 842. The van der Waals surface area contributed by atoms with Crippen molar-refractivity contribution >= 4 is 22.8 Å². The third kappa shape index (κ3) is 3.47. The number of hydrogen-bond donors (Lipinski definition) is 2. The number of piperidine rings is 1. The molecule has 2 N–H and O–H groups in total. The van der Waals surface area contributed by atoms with Crippen molar-refractivity contribution in [3.8, 4) is 0 Å². The highest BCUT2D eigenvalue weighted by Gasteiger charge is 2.26. The van der Waals surface area contributed by atoms with Crippen molar-refractivity contribution in [1.29, 1.82) is 0 Å². The fourth-order valence-corrected chi connectivity index (χ4v) is 3.40. The molecule has 1 aliphatic heterocycles. The van der Waals surface area contributed by atoms with Crippen LogP contribution in [0.3, 0.4) is 0 Å². The molecule has 1 saturated heterocycles. The Hall–Kier alpha value is -2.90. The summed E-state index contributed by atoms with van der Waals surface area (Å²) in [5.74, 6) is 0. The number of hydrogen-bond acceptors (Lipinski definition) is 4. The number of nitrogens with one attached hydrogen (secondary N) is 2. The molecule has 0 saturated carbocycles. The number of rotatable bonds is 4. The molecule has 0 radical (unpaired) electrons. The first-order chi connectivity index (χ1) is 12.3. The molecule has 3 aromatic rings. The first-order valence-electron chi connectivity index (χ1n) is 8.63. The van der Waals surface area contributed by atoms with Gasteiger partial charge in [-0.15, -0.1) is 0 Å². The van der Waals surface area contributed by atoms with Crippen molar-refractivity contribution in [1.82, 2.24) is 29.9 Å². The summed E-state index contributed by atoms with van der Waals surface area (Å²) in [6.07, 6.45) is 9.77. The number of carbonyl (C=O) groups excluding carboxylic acids is 1. The van der Waals surface area contributed by atoms with Crippen LogP contribution in [-0.2, 0) is 6.54 Å². The molecule has 1 aromatic carbocycles. The number of H-pyrrole nitrogens is 1. The monoisotopic (exact) mass is 339 g/mol. The van der Waals surface area contributed by atoms with Crippen LogP contribution in [0.25, 0.3) is 11.0 Å². The number of nitrogens with zero attached hydrogens (tertiary/aromatic N) is 5. The SMILES string of the molecule is O=C(Nc1ccc2n[nH]nc2c1)N1CCCC[C@H]1CCn1ccnc1. The number of aryl methyl sites for hydroxylation is 1. The number of amides is 2. The number of likely N-dealkylation sites (tertiary alicyclic amines) is 1. The van der Waals surface area contributed by atoms with Gasteiger partial charge in [0.15, 0.2) is 0 Å². The van der Waals surface area contributed by atoms with Gasteiger partial charge in [-0.25, -0.2) is 9.78 Å². The number of urea groups is 1. The maximum atomic E-state index is 12.8. The minimum absolute atomic E-state index is 0.0434. The van der Waals surface area contributed by atoms with Crippen LogP contribution in [-0.4, -0.2) is 48.5 Å². The van der Waals surface area contributed by atoms with E-state index in [2.05, 4.69) is 30.3 Å². The lowest BCUT2D eigenvalue weighted by Gasteiger charge is -2.35. The quantitative estimate of drug-likeness (QED) is 0.764. The second-order valence-corrected chi connectivity index (χ2v) is 6.39. The molecule has 130 valence electrons. The molecular formula is C17H21N7O. The molecule has 0 aliphatic carbocycles. The number of benzene rings is 1. The van der Waals surface area contributed by atoms with Crippen LogP contribution < -0.4 is 5.32 Å². The van der Waals surface area contributed by atoms with Gasteiger partial charge in [-0.3, -0.25) is 0 Å². The van der Waals surface area contributed by atoms with Crippen LogP contribution in [0, 0.1) is 0 Å². The fraction of sp³-hybridized carbons (Fsp3) is 0.412. The van der Waals surface area contributed by atoms with Crippen molar-refractivity contribution in [2.45, 2.75) is 38.3 Å². The lowest BCUT2D eigenvalue weighted by Crippen LogP contribution is -2.46. The Kier molecular flexibility index (Phi) is 4.32. The van der Waals surface area contributed by atoms with Gasteiger partial charge in [0, 0.05) is 37.2 Å². The van der Waals surface area contributed by atoms with E-state index in [-0.39, 0.29) is 12.1 Å². The molecule has 3 heterocycles. The van der Waals surface area contributed by atoms with Crippen LogP contribution in [0.5, 0.6) is 0 Å². The number of imidazole rings is 1.